The van der Waals surface area contributed by atoms with E-state index in [2.05, 4.69) is 15.5 Å². The molecule has 2 aromatic heterocycles. The van der Waals surface area contributed by atoms with Crippen LogP contribution in [0.2, 0.25) is 0 Å². The van der Waals surface area contributed by atoms with Gasteiger partial charge in [-0.25, -0.2) is 0 Å². The van der Waals surface area contributed by atoms with E-state index in [0.717, 1.165) is 11.8 Å². The standard InChI is InChI=1S/C17H15N3O4S/c1-10(21)12-5-7-13(8-6-12)18-15(22)11(2)25-17-20-19-16(24-17)14-4-3-9-23-14/h3-9,11H,1-2H3,(H,18,22)/t11-/m0/s1. The van der Waals surface area contributed by atoms with Crippen LogP contribution in [0.4, 0.5) is 5.69 Å². The fraction of sp³-hybridized carbons (Fsp3) is 0.176. The fourth-order valence-corrected chi connectivity index (χ4v) is 2.68. The van der Waals surface area contributed by atoms with Crippen LogP contribution in [0.3, 0.4) is 0 Å². The van der Waals surface area contributed by atoms with Gasteiger partial charge in [-0.15, -0.1) is 10.2 Å². The molecule has 0 aliphatic rings. The van der Waals surface area contributed by atoms with Crippen molar-refractivity contribution in [1.29, 1.82) is 0 Å². The van der Waals surface area contributed by atoms with Crippen molar-refractivity contribution in [2.45, 2.75) is 24.3 Å². The Balaban J connectivity index is 1.60. The number of nitrogens with one attached hydrogen (secondary N) is 1. The summed E-state index contributed by atoms with van der Waals surface area (Å²) in [7, 11) is 0. The summed E-state index contributed by atoms with van der Waals surface area (Å²) in [5.41, 5.74) is 1.21. The van der Waals surface area contributed by atoms with Gasteiger partial charge in [0.1, 0.15) is 0 Å². The monoisotopic (exact) mass is 357 g/mol. The Morgan fingerprint density at radius 3 is 2.56 bits per heavy atom. The van der Waals surface area contributed by atoms with Crippen molar-refractivity contribution in [2.24, 2.45) is 0 Å². The molecule has 25 heavy (non-hydrogen) atoms. The number of carbonyl (C=O) groups is 2. The number of hydrogen-bond donors (Lipinski definition) is 1. The predicted octanol–water partition coefficient (Wildman–Crippen LogP) is 3.65. The zero-order valence-electron chi connectivity index (χ0n) is 13.6. The Bertz CT molecular complexity index is 872. The number of Topliss-reactive ketones (excluding diaryl/α,β-unsaturated/α-hetero) is 1. The molecule has 0 unspecified atom stereocenters. The van der Waals surface area contributed by atoms with E-state index in [0.29, 0.717) is 17.0 Å². The molecule has 0 radical (unpaired) electrons. The maximum absolute atomic E-state index is 12.3. The van der Waals surface area contributed by atoms with Gasteiger partial charge in [0, 0.05) is 11.3 Å². The predicted molar refractivity (Wildman–Crippen MR) is 92.4 cm³/mol. The molecule has 0 bridgehead atoms. The highest BCUT2D eigenvalue weighted by Gasteiger charge is 2.19. The highest BCUT2D eigenvalue weighted by Crippen LogP contribution is 2.26. The number of rotatable bonds is 6. The Morgan fingerprint density at radius 1 is 1.16 bits per heavy atom. The van der Waals surface area contributed by atoms with Gasteiger partial charge in [-0.3, -0.25) is 9.59 Å². The average molecular weight is 357 g/mol. The van der Waals surface area contributed by atoms with Gasteiger partial charge in [-0.1, -0.05) is 11.8 Å². The minimum Gasteiger partial charge on any atom is -0.459 e. The molecule has 0 aliphatic carbocycles. The minimum absolute atomic E-state index is 0.0226. The first-order valence-electron chi connectivity index (χ1n) is 7.49. The molecule has 1 amide bonds. The lowest BCUT2D eigenvalue weighted by Gasteiger charge is -2.10. The largest absolute Gasteiger partial charge is 0.459 e. The first-order chi connectivity index (χ1) is 12.0. The third-order valence-corrected chi connectivity index (χ3v) is 4.28. The fourth-order valence-electron chi connectivity index (χ4n) is 1.99. The smallest absolute Gasteiger partial charge is 0.284 e. The maximum Gasteiger partial charge on any atom is 0.284 e. The van der Waals surface area contributed by atoms with Crippen LogP contribution in [-0.2, 0) is 4.79 Å². The molecule has 1 N–H and O–H groups in total. The molecule has 1 aromatic carbocycles. The van der Waals surface area contributed by atoms with E-state index in [1.165, 1.54) is 13.2 Å². The van der Waals surface area contributed by atoms with Crippen LogP contribution >= 0.6 is 11.8 Å². The van der Waals surface area contributed by atoms with Crippen molar-refractivity contribution in [2.75, 3.05) is 5.32 Å². The van der Waals surface area contributed by atoms with E-state index in [4.69, 9.17) is 8.83 Å². The molecule has 1 atom stereocenters. The molecule has 0 saturated carbocycles. The summed E-state index contributed by atoms with van der Waals surface area (Å²) in [6.07, 6.45) is 1.51. The quantitative estimate of drug-likeness (QED) is 0.531. The van der Waals surface area contributed by atoms with Crippen LogP contribution in [-0.4, -0.2) is 27.1 Å². The Kier molecular flexibility index (Phi) is 4.99. The van der Waals surface area contributed by atoms with Crippen LogP contribution in [0.5, 0.6) is 0 Å². The number of amides is 1. The molecular formula is C17H15N3O4S. The topological polar surface area (TPSA) is 98.2 Å². The summed E-state index contributed by atoms with van der Waals surface area (Å²) in [6, 6.07) is 10.1. The SMILES string of the molecule is CC(=O)c1ccc(NC(=O)[C@H](C)Sc2nnc(-c3ccco3)o2)cc1. The maximum atomic E-state index is 12.3. The normalized spacial score (nSPS) is 11.9. The lowest BCUT2D eigenvalue weighted by atomic mass is 10.1. The van der Waals surface area contributed by atoms with Crippen molar-refractivity contribution in [3.63, 3.8) is 0 Å². The molecule has 7 nitrogen and oxygen atoms in total. The van der Waals surface area contributed by atoms with Crippen molar-refractivity contribution >= 4 is 29.1 Å². The number of aromatic nitrogens is 2. The molecule has 0 aliphatic heterocycles. The third-order valence-electron chi connectivity index (χ3n) is 3.34. The molecule has 0 spiro atoms. The highest BCUT2D eigenvalue weighted by molar-refractivity contribution is 8.00. The number of anilines is 1. The zero-order valence-corrected chi connectivity index (χ0v) is 14.4. The lowest BCUT2D eigenvalue weighted by molar-refractivity contribution is -0.115. The van der Waals surface area contributed by atoms with Crippen molar-refractivity contribution in [1.82, 2.24) is 10.2 Å². The summed E-state index contributed by atoms with van der Waals surface area (Å²) < 4.78 is 10.7. The molecule has 0 saturated heterocycles. The molecule has 2 heterocycles. The lowest BCUT2D eigenvalue weighted by Crippen LogP contribution is -2.22. The minimum atomic E-state index is -0.447. The van der Waals surface area contributed by atoms with E-state index in [9.17, 15) is 9.59 Å². The summed E-state index contributed by atoms with van der Waals surface area (Å²) in [5, 5.41) is 10.4. The van der Waals surface area contributed by atoms with Crippen molar-refractivity contribution in [3.05, 3.63) is 48.2 Å². The molecular weight excluding hydrogens is 342 g/mol. The summed E-state index contributed by atoms with van der Waals surface area (Å²) in [4.78, 5) is 23.5. The number of carbonyl (C=O) groups excluding carboxylic acids is 2. The van der Waals surface area contributed by atoms with E-state index in [-0.39, 0.29) is 22.8 Å². The van der Waals surface area contributed by atoms with Gasteiger partial charge < -0.3 is 14.2 Å². The number of thioether (sulfide) groups is 1. The van der Waals surface area contributed by atoms with Crippen LogP contribution in [0.1, 0.15) is 24.2 Å². The third kappa shape index (κ3) is 4.16. The zero-order chi connectivity index (χ0) is 17.8. The van der Waals surface area contributed by atoms with Gasteiger partial charge in [0.2, 0.25) is 5.91 Å². The molecule has 3 aromatic rings. The average Bonchev–Trinajstić information content (AvgIpc) is 3.26. The number of ketones is 1. The van der Waals surface area contributed by atoms with Gasteiger partial charge in [0.25, 0.3) is 11.1 Å². The number of nitrogens with zero attached hydrogens (tertiary/aromatic N) is 2. The van der Waals surface area contributed by atoms with E-state index in [1.807, 2.05) is 0 Å². The summed E-state index contributed by atoms with van der Waals surface area (Å²) in [5.74, 6) is 0.505. The van der Waals surface area contributed by atoms with Gasteiger partial charge in [0.05, 0.1) is 11.5 Å². The van der Waals surface area contributed by atoms with Gasteiger partial charge in [-0.05, 0) is 50.2 Å². The Morgan fingerprint density at radius 2 is 1.92 bits per heavy atom. The molecule has 8 heteroatoms. The molecule has 128 valence electrons. The van der Waals surface area contributed by atoms with E-state index < -0.39 is 5.25 Å². The molecule has 0 fully saturated rings. The van der Waals surface area contributed by atoms with Gasteiger partial charge in [0.15, 0.2) is 11.5 Å². The van der Waals surface area contributed by atoms with Gasteiger partial charge in [-0.2, -0.15) is 0 Å². The summed E-state index contributed by atoms with van der Waals surface area (Å²) in [6.45, 7) is 3.23. The van der Waals surface area contributed by atoms with Crippen LogP contribution < -0.4 is 5.32 Å². The van der Waals surface area contributed by atoms with Gasteiger partial charge >= 0.3 is 0 Å². The second-order valence-electron chi connectivity index (χ2n) is 5.23. The number of furan rings is 1. The van der Waals surface area contributed by atoms with E-state index in [1.54, 1.807) is 43.3 Å². The van der Waals surface area contributed by atoms with Crippen LogP contribution in [0, 0.1) is 0 Å². The highest BCUT2D eigenvalue weighted by atomic mass is 32.2. The Labute approximate surface area is 147 Å². The van der Waals surface area contributed by atoms with Crippen molar-refractivity contribution < 1.29 is 18.4 Å². The molecule has 3 rings (SSSR count). The van der Waals surface area contributed by atoms with Crippen LogP contribution in [0.25, 0.3) is 11.7 Å². The van der Waals surface area contributed by atoms with Crippen LogP contribution in [0.15, 0.2) is 56.7 Å². The second-order valence-corrected chi connectivity index (χ2v) is 6.53. The number of hydrogen-bond acceptors (Lipinski definition) is 7. The summed E-state index contributed by atoms with van der Waals surface area (Å²) >= 11 is 1.15. The Hall–Kier alpha value is -2.87. The first-order valence-corrected chi connectivity index (χ1v) is 8.37. The van der Waals surface area contributed by atoms with Crippen molar-refractivity contribution in [3.8, 4) is 11.7 Å². The number of benzene rings is 1. The first kappa shape index (κ1) is 17.0. The van der Waals surface area contributed by atoms with E-state index >= 15 is 0 Å². The second kappa shape index (κ2) is 7.35.